The van der Waals surface area contributed by atoms with Gasteiger partial charge in [0.15, 0.2) is 11.5 Å². The van der Waals surface area contributed by atoms with Crippen molar-refractivity contribution >= 4 is 0 Å². The summed E-state index contributed by atoms with van der Waals surface area (Å²) in [5, 5.41) is 11.7. The molecule has 2 aliphatic rings. The van der Waals surface area contributed by atoms with E-state index in [4.69, 9.17) is 9.47 Å². The van der Waals surface area contributed by atoms with Crippen molar-refractivity contribution in [1.29, 1.82) is 0 Å². The first-order chi connectivity index (χ1) is 11.6. The molecule has 0 amide bonds. The van der Waals surface area contributed by atoms with Gasteiger partial charge in [0.05, 0.1) is 6.61 Å². The van der Waals surface area contributed by atoms with Gasteiger partial charge >= 0.3 is 0 Å². The summed E-state index contributed by atoms with van der Waals surface area (Å²) in [6.07, 6.45) is 4.92. The second-order valence-corrected chi connectivity index (χ2v) is 7.45. The van der Waals surface area contributed by atoms with E-state index in [1.54, 1.807) is 12.1 Å². The Morgan fingerprint density at radius 2 is 1.92 bits per heavy atom. The molecule has 3 rings (SSSR count). The lowest BCUT2D eigenvalue weighted by Gasteiger charge is -2.44. The molecule has 5 heteroatoms. The van der Waals surface area contributed by atoms with Crippen LogP contribution in [0.25, 0.3) is 0 Å². The Morgan fingerprint density at radius 3 is 2.54 bits per heavy atom. The zero-order chi connectivity index (χ0) is 17.1. The predicted molar refractivity (Wildman–Crippen MR) is 90.3 cm³/mol. The summed E-state index contributed by atoms with van der Waals surface area (Å²) in [5.74, 6) is 1.70. The summed E-state index contributed by atoms with van der Waals surface area (Å²) in [6.45, 7) is 4.23. The van der Waals surface area contributed by atoms with Gasteiger partial charge in [0.25, 0.3) is 0 Å². The van der Waals surface area contributed by atoms with E-state index in [1.807, 2.05) is 6.07 Å². The summed E-state index contributed by atoms with van der Waals surface area (Å²) < 4.78 is 25.0. The van der Waals surface area contributed by atoms with Gasteiger partial charge in [-0.05, 0) is 36.5 Å². The largest absolute Gasteiger partial charge is 0.489 e. The Morgan fingerprint density at radius 1 is 1.21 bits per heavy atom. The molecule has 1 aromatic carbocycles. The van der Waals surface area contributed by atoms with Gasteiger partial charge < -0.3 is 14.7 Å². The zero-order valence-electron chi connectivity index (χ0n) is 14.6. The van der Waals surface area contributed by atoms with Gasteiger partial charge in [0.1, 0.15) is 12.8 Å². The molecule has 0 unspecified atom stereocenters. The number of hydroxylamine groups is 2. The van der Waals surface area contributed by atoms with E-state index in [1.165, 1.54) is 11.5 Å². The van der Waals surface area contributed by atoms with E-state index < -0.39 is 6.67 Å². The van der Waals surface area contributed by atoms with Crippen LogP contribution in [0.3, 0.4) is 0 Å². The van der Waals surface area contributed by atoms with Crippen LogP contribution in [0.15, 0.2) is 18.2 Å². The number of hydrogen-bond acceptors (Lipinski definition) is 4. The minimum absolute atomic E-state index is 0.0707. The van der Waals surface area contributed by atoms with Gasteiger partial charge in [-0.15, -0.1) is 0 Å². The number of alkyl halides is 1. The number of piperidine rings is 2. The van der Waals surface area contributed by atoms with Crippen molar-refractivity contribution in [1.82, 2.24) is 5.06 Å². The van der Waals surface area contributed by atoms with Gasteiger partial charge in [-0.1, -0.05) is 26.3 Å². The van der Waals surface area contributed by atoms with Gasteiger partial charge in [0.2, 0.25) is 0 Å². The first-order valence-corrected chi connectivity index (χ1v) is 9.02. The van der Waals surface area contributed by atoms with Gasteiger partial charge in [-0.2, -0.15) is 5.06 Å². The molecule has 2 heterocycles. The number of hydrogen-bond donors (Lipinski definition) is 1. The number of fused-ring (bicyclic) bond motifs is 2. The number of rotatable bonds is 6. The standard InChI is InChI=1S/C19H28FNO3/c1-13(2)12-23-19-8-14(11-20)6-7-18(19)24-17-9-15-4-3-5-16(10-17)21(15)22/h6-8,13,15-17,22H,3-5,9-12H2,1-2H3/t15-,16+,17+. The highest BCUT2D eigenvalue weighted by atomic mass is 19.1. The van der Waals surface area contributed by atoms with Crippen LogP contribution in [0.2, 0.25) is 0 Å². The monoisotopic (exact) mass is 337 g/mol. The summed E-state index contributed by atoms with van der Waals surface area (Å²) in [4.78, 5) is 0. The lowest BCUT2D eigenvalue weighted by molar-refractivity contribution is -0.207. The van der Waals surface area contributed by atoms with Crippen molar-refractivity contribution < 1.29 is 19.1 Å². The lowest BCUT2D eigenvalue weighted by atomic mass is 9.85. The van der Waals surface area contributed by atoms with Crippen LogP contribution in [0.4, 0.5) is 4.39 Å². The van der Waals surface area contributed by atoms with Gasteiger partial charge in [-0.25, -0.2) is 4.39 Å². The molecular weight excluding hydrogens is 309 g/mol. The minimum Gasteiger partial charge on any atom is -0.489 e. The Hall–Kier alpha value is -1.33. The van der Waals surface area contributed by atoms with Crippen LogP contribution < -0.4 is 9.47 Å². The topological polar surface area (TPSA) is 41.9 Å². The maximum Gasteiger partial charge on any atom is 0.161 e. The molecule has 4 nitrogen and oxygen atoms in total. The van der Waals surface area contributed by atoms with E-state index >= 15 is 0 Å². The minimum atomic E-state index is -0.509. The van der Waals surface area contributed by atoms with E-state index in [0.717, 1.165) is 25.7 Å². The average molecular weight is 337 g/mol. The van der Waals surface area contributed by atoms with Crippen molar-refractivity contribution in [3.05, 3.63) is 23.8 Å². The molecule has 2 fully saturated rings. The third-order valence-electron chi connectivity index (χ3n) is 4.92. The Labute approximate surface area is 143 Å². The summed E-state index contributed by atoms with van der Waals surface area (Å²) in [6, 6.07) is 5.67. The van der Waals surface area contributed by atoms with Crippen LogP contribution >= 0.6 is 0 Å². The third-order valence-corrected chi connectivity index (χ3v) is 4.92. The zero-order valence-corrected chi connectivity index (χ0v) is 14.6. The molecule has 134 valence electrons. The molecular formula is C19H28FNO3. The highest BCUT2D eigenvalue weighted by molar-refractivity contribution is 5.43. The Bertz CT molecular complexity index is 537. The van der Waals surface area contributed by atoms with Crippen LogP contribution in [-0.4, -0.2) is 35.1 Å². The quantitative estimate of drug-likeness (QED) is 0.838. The molecule has 0 aromatic heterocycles. The Balaban J connectivity index is 1.71. The smallest absolute Gasteiger partial charge is 0.161 e. The fourth-order valence-corrected chi connectivity index (χ4v) is 3.68. The first kappa shape index (κ1) is 17.5. The SMILES string of the molecule is CC(C)COc1cc(CF)ccc1O[C@H]1C[C@H]2CCC[C@@H](C1)N2O. The lowest BCUT2D eigenvalue weighted by Crippen LogP contribution is -2.52. The number of nitrogens with zero attached hydrogens (tertiary/aromatic N) is 1. The molecule has 0 spiro atoms. The second kappa shape index (κ2) is 7.70. The summed E-state index contributed by atoms with van der Waals surface area (Å²) in [5.41, 5.74) is 0.600. The van der Waals surface area contributed by atoms with Crippen molar-refractivity contribution in [3.63, 3.8) is 0 Å². The molecule has 1 aromatic rings. The summed E-state index contributed by atoms with van der Waals surface area (Å²) in [7, 11) is 0. The molecule has 1 N–H and O–H groups in total. The fraction of sp³-hybridized carbons (Fsp3) is 0.684. The maximum absolute atomic E-state index is 13.0. The van der Waals surface area contributed by atoms with Crippen LogP contribution in [0, 0.1) is 5.92 Å². The highest BCUT2D eigenvalue weighted by Gasteiger charge is 2.38. The normalized spacial score (nSPS) is 27.3. The molecule has 0 radical (unpaired) electrons. The van der Waals surface area contributed by atoms with Crippen molar-refractivity contribution in [3.8, 4) is 11.5 Å². The fourth-order valence-electron chi connectivity index (χ4n) is 3.68. The van der Waals surface area contributed by atoms with Crippen molar-refractivity contribution in [2.24, 2.45) is 5.92 Å². The number of halogens is 1. The first-order valence-electron chi connectivity index (χ1n) is 9.02. The van der Waals surface area contributed by atoms with Crippen molar-refractivity contribution in [2.45, 2.75) is 70.8 Å². The average Bonchev–Trinajstić information content (AvgIpc) is 2.54. The second-order valence-electron chi connectivity index (χ2n) is 7.45. The van der Waals surface area contributed by atoms with Crippen LogP contribution in [0.5, 0.6) is 11.5 Å². The third kappa shape index (κ3) is 4.01. The molecule has 2 aliphatic heterocycles. The molecule has 2 saturated heterocycles. The van der Waals surface area contributed by atoms with Crippen LogP contribution in [-0.2, 0) is 6.67 Å². The van der Waals surface area contributed by atoms with E-state index in [0.29, 0.717) is 29.6 Å². The molecule has 2 bridgehead atoms. The molecule has 3 atom stereocenters. The Kier molecular flexibility index (Phi) is 5.61. The highest BCUT2D eigenvalue weighted by Crippen LogP contribution is 2.37. The maximum atomic E-state index is 13.0. The van der Waals surface area contributed by atoms with Crippen molar-refractivity contribution in [2.75, 3.05) is 6.61 Å². The van der Waals surface area contributed by atoms with E-state index in [9.17, 15) is 9.60 Å². The van der Waals surface area contributed by atoms with Crippen LogP contribution in [0.1, 0.15) is 51.5 Å². The summed E-state index contributed by atoms with van der Waals surface area (Å²) >= 11 is 0. The van der Waals surface area contributed by atoms with E-state index in [-0.39, 0.29) is 18.2 Å². The molecule has 0 aliphatic carbocycles. The van der Waals surface area contributed by atoms with Gasteiger partial charge in [-0.3, -0.25) is 0 Å². The number of benzene rings is 1. The number of ether oxygens (including phenoxy) is 2. The molecule has 24 heavy (non-hydrogen) atoms. The van der Waals surface area contributed by atoms with E-state index in [2.05, 4.69) is 13.8 Å². The molecule has 0 saturated carbocycles. The predicted octanol–water partition coefficient (Wildman–Crippen LogP) is 4.34. The van der Waals surface area contributed by atoms with Gasteiger partial charge in [0, 0.05) is 24.9 Å².